The van der Waals surface area contributed by atoms with Gasteiger partial charge in [-0.2, -0.15) is 13.2 Å². The quantitative estimate of drug-likeness (QED) is 0.831. The molecule has 0 saturated heterocycles. The zero-order valence-corrected chi connectivity index (χ0v) is 9.59. The largest absolute Gasteiger partial charge is 0.416 e. The molecule has 16 heavy (non-hydrogen) atoms. The van der Waals surface area contributed by atoms with Gasteiger partial charge in [0.1, 0.15) is 0 Å². The molecule has 0 amide bonds. The van der Waals surface area contributed by atoms with E-state index in [1.54, 1.807) is 0 Å². The summed E-state index contributed by atoms with van der Waals surface area (Å²) in [4.78, 5) is 3.91. The number of rotatable bonds is 2. The van der Waals surface area contributed by atoms with Crippen molar-refractivity contribution in [2.24, 2.45) is 10.7 Å². The first-order chi connectivity index (χ1) is 7.43. The molecule has 0 fully saturated rings. The Bertz CT molecular complexity index is 407. The van der Waals surface area contributed by atoms with Crippen LogP contribution in [0.1, 0.15) is 5.56 Å². The van der Waals surface area contributed by atoms with Gasteiger partial charge in [0.05, 0.1) is 15.7 Å². The monoisotopic (exact) mass is 292 g/mol. The fourth-order valence-electron chi connectivity index (χ4n) is 0.916. The van der Waals surface area contributed by atoms with Gasteiger partial charge in [0.15, 0.2) is 0 Å². The maximum Gasteiger partial charge on any atom is 0.416 e. The van der Waals surface area contributed by atoms with Gasteiger partial charge in [0.2, 0.25) is 0 Å². The van der Waals surface area contributed by atoms with Crippen molar-refractivity contribution in [2.75, 3.05) is 0 Å². The van der Waals surface area contributed by atoms with Crippen LogP contribution >= 0.6 is 15.9 Å². The van der Waals surface area contributed by atoms with Crippen molar-refractivity contribution >= 4 is 27.8 Å². The molecule has 0 saturated carbocycles. The van der Waals surface area contributed by atoms with Crippen molar-refractivity contribution < 1.29 is 13.2 Å². The van der Waals surface area contributed by atoms with E-state index in [0.29, 0.717) is 10.2 Å². The van der Waals surface area contributed by atoms with Crippen LogP contribution in [0.5, 0.6) is 0 Å². The number of hydrogen-bond donors (Lipinski definition) is 1. The maximum absolute atomic E-state index is 12.2. The molecule has 0 aliphatic rings. The number of halogens is 4. The minimum Gasteiger partial charge on any atom is -0.404 e. The Hall–Kier alpha value is -1.30. The standard InChI is InChI=1S/C10H8BrF3N2/c11-8(5-15)6-16-9-3-1-7(2-4-9)10(12,13)14/h1-6H,15H2. The molecular formula is C10H8BrF3N2. The average Bonchev–Trinajstić information content (AvgIpc) is 2.25. The summed E-state index contributed by atoms with van der Waals surface area (Å²) in [5.74, 6) is 0. The lowest BCUT2D eigenvalue weighted by molar-refractivity contribution is -0.137. The van der Waals surface area contributed by atoms with E-state index in [-0.39, 0.29) is 0 Å². The third-order valence-corrected chi connectivity index (χ3v) is 2.16. The Balaban J connectivity index is 2.84. The second kappa shape index (κ2) is 5.16. The van der Waals surface area contributed by atoms with Crippen LogP contribution in [0.3, 0.4) is 0 Å². The van der Waals surface area contributed by atoms with Gasteiger partial charge in [0, 0.05) is 12.4 Å². The van der Waals surface area contributed by atoms with Crippen LogP contribution in [0.2, 0.25) is 0 Å². The first-order valence-corrected chi connectivity index (χ1v) is 5.01. The van der Waals surface area contributed by atoms with Crippen molar-refractivity contribution in [1.29, 1.82) is 0 Å². The molecule has 0 aliphatic carbocycles. The van der Waals surface area contributed by atoms with Crippen LogP contribution in [0.25, 0.3) is 0 Å². The Morgan fingerprint density at radius 2 is 1.81 bits per heavy atom. The molecule has 0 spiro atoms. The molecule has 0 heterocycles. The topological polar surface area (TPSA) is 38.4 Å². The molecule has 0 radical (unpaired) electrons. The molecule has 0 bridgehead atoms. The average molecular weight is 293 g/mol. The highest BCUT2D eigenvalue weighted by atomic mass is 79.9. The highest BCUT2D eigenvalue weighted by Gasteiger charge is 2.29. The number of benzene rings is 1. The Morgan fingerprint density at radius 1 is 1.25 bits per heavy atom. The zero-order chi connectivity index (χ0) is 12.2. The van der Waals surface area contributed by atoms with Crippen LogP contribution in [0.4, 0.5) is 18.9 Å². The van der Waals surface area contributed by atoms with Gasteiger partial charge in [0.25, 0.3) is 0 Å². The summed E-state index contributed by atoms with van der Waals surface area (Å²) in [6, 6.07) is 4.53. The minimum absolute atomic E-state index is 0.423. The fourth-order valence-corrected chi connectivity index (χ4v) is 1.02. The number of nitrogens with two attached hydrogens (primary N) is 1. The zero-order valence-electron chi connectivity index (χ0n) is 8.00. The number of hydrogen-bond acceptors (Lipinski definition) is 2. The molecule has 0 aliphatic heterocycles. The number of allylic oxidation sites excluding steroid dienone is 1. The molecule has 1 aromatic rings. The van der Waals surface area contributed by atoms with E-state index >= 15 is 0 Å². The van der Waals surface area contributed by atoms with E-state index in [1.807, 2.05) is 0 Å². The second-order valence-electron chi connectivity index (χ2n) is 2.85. The van der Waals surface area contributed by atoms with Crippen LogP contribution in [0, 0.1) is 0 Å². The second-order valence-corrected chi connectivity index (χ2v) is 3.77. The minimum atomic E-state index is -4.32. The summed E-state index contributed by atoms with van der Waals surface area (Å²) < 4.78 is 37.2. The third kappa shape index (κ3) is 3.69. The fraction of sp³-hybridized carbons (Fsp3) is 0.100. The Kier molecular flexibility index (Phi) is 4.12. The van der Waals surface area contributed by atoms with Gasteiger partial charge in [-0.25, -0.2) is 0 Å². The smallest absolute Gasteiger partial charge is 0.404 e. The highest BCUT2D eigenvalue weighted by Crippen LogP contribution is 2.30. The third-order valence-electron chi connectivity index (χ3n) is 1.69. The predicted octanol–water partition coefficient (Wildman–Crippen LogP) is 3.60. The van der Waals surface area contributed by atoms with E-state index in [2.05, 4.69) is 20.9 Å². The highest BCUT2D eigenvalue weighted by molar-refractivity contribution is 9.12. The lowest BCUT2D eigenvalue weighted by atomic mass is 10.2. The lowest BCUT2D eigenvalue weighted by Crippen LogP contribution is -2.03. The van der Waals surface area contributed by atoms with Crippen LogP contribution in [-0.2, 0) is 6.18 Å². The summed E-state index contributed by atoms with van der Waals surface area (Å²) in [6.45, 7) is 0. The summed E-state index contributed by atoms with van der Waals surface area (Å²) >= 11 is 3.09. The van der Waals surface area contributed by atoms with Crippen molar-refractivity contribution in [1.82, 2.24) is 0 Å². The van der Waals surface area contributed by atoms with Crippen LogP contribution in [-0.4, -0.2) is 6.21 Å². The lowest BCUT2D eigenvalue weighted by Gasteiger charge is -2.05. The summed E-state index contributed by atoms with van der Waals surface area (Å²) in [5, 5.41) is 0. The predicted molar refractivity (Wildman–Crippen MR) is 60.8 cm³/mol. The van der Waals surface area contributed by atoms with Crippen LogP contribution < -0.4 is 5.73 Å². The first-order valence-electron chi connectivity index (χ1n) is 4.22. The summed E-state index contributed by atoms with van der Waals surface area (Å²) in [7, 11) is 0. The molecular weight excluding hydrogens is 285 g/mol. The molecule has 86 valence electrons. The van der Waals surface area contributed by atoms with E-state index in [1.165, 1.54) is 24.5 Å². The molecule has 0 atom stereocenters. The molecule has 2 N–H and O–H groups in total. The molecule has 1 aromatic carbocycles. The number of aliphatic imine (C=N–C) groups is 1. The van der Waals surface area contributed by atoms with E-state index in [0.717, 1.165) is 12.1 Å². The SMILES string of the molecule is NC=C(Br)C=Nc1ccc(C(F)(F)F)cc1. The van der Waals surface area contributed by atoms with E-state index in [9.17, 15) is 13.2 Å². The maximum atomic E-state index is 12.2. The van der Waals surface area contributed by atoms with E-state index < -0.39 is 11.7 Å². The van der Waals surface area contributed by atoms with Crippen molar-refractivity contribution in [3.63, 3.8) is 0 Å². The van der Waals surface area contributed by atoms with Gasteiger partial charge < -0.3 is 5.73 Å². The summed E-state index contributed by atoms with van der Waals surface area (Å²) in [5.41, 5.74) is 4.90. The normalized spacial score (nSPS) is 13.4. The number of nitrogens with zero attached hydrogens (tertiary/aromatic N) is 1. The van der Waals surface area contributed by atoms with Crippen molar-refractivity contribution in [3.05, 3.63) is 40.5 Å². The Labute approximate surface area is 98.8 Å². The van der Waals surface area contributed by atoms with Crippen molar-refractivity contribution in [3.8, 4) is 0 Å². The van der Waals surface area contributed by atoms with Gasteiger partial charge in [-0.05, 0) is 40.2 Å². The van der Waals surface area contributed by atoms with Crippen molar-refractivity contribution in [2.45, 2.75) is 6.18 Å². The van der Waals surface area contributed by atoms with Gasteiger partial charge in [-0.3, -0.25) is 4.99 Å². The number of alkyl halides is 3. The van der Waals surface area contributed by atoms with Gasteiger partial charge >= 0.3 is 6.18 Å². The molecule has 0 aromatic heterocycles. The molecule has 1 rings (SSSR count). The Morgan fingerprint density at radius 3 is 2.25 bits per heavy atom. The molecule has 2 nitrogen and oxygen atoms in total. The summed E-state index contributed by atoms with van der Waals surface area (Å²) in [6.07, 6.45) is -1.63. The first kappa shape index (κ1) is 12.8. The van der Waals surface area contributed by atoms with E-state index in [4.69, 9.17) is 5.73 Å². The van der Waals surface area contributed by atoms with Gasteiger partial charge in [-0.15, -0.1) is 0 Å². The molecule has 6 heteroatoms. The van der Waals surface area contributed by atoms with Gasteiger partial charge in [-0.1, -0.05) is 0 Å². The molecule has 0 unspecified atom stereocenters. The van der Waals surface area contributed by atoms with Crippen LogP contribution in [0.15, 0.2) is 39.9 Å².